The summed E-state index contributed by atoms with van der Waals surface area (Å²) in [6, 6.07) is 0. The van der Waals surface area contributed by atoms with E-state index < -0.39 is 0 Å². The lowest BCUT2D eigenvalue weighted by Crippen LogP contribution is -2.25. The van der Waals surface area contributed by atoms with Crippen molar-refractivity contribution in [2.75, 3.05) is 19.9 Å². The number of carbonyl (C=O) groups excluding carboxylic acids is 1. The molecule has 23 heavy (non-hydrogen) atoms. The van der Waals surface area contributed by atoms with E-state index in [9.17, 15) is 4.79 Å². The Balaban J connectivity index is 2.14. The van der Waals surface area contributed by atoms with E-state index in [-0.39, 0.29) is 5.91 Å². The normalized spacial score (nSPS) is 12.9. The first-order chi connectivity index (χ1) is 11.1. The molecule has 0 spiro atoms. The molecular formula is C16H21N3O2S2. The largest absolute Gasteiger partial charge is 0.287 e. The molecule has 0 unspecified atom stereocenters. The fourth-order valence-electron chi connectivity index (χ4n) is 2.86. The van der Waals surface area contributed by atoms with Crippen molar-refractivity contribution in [3.8, 4) is 11.3 Å². The molecule has 0 radical (unpaired) electrons. The average molecular weight is 351 g/mol. The molecule has 2 heterocycles. The Morgan fingerprint density at radius 3 is 3.00 bits per heavy atom. The van der Waals surface area contributed by atoms with Gasteiger partial charge in [-0.05, 0) is 36.1 Å². The van der Waals surface area contributed by atoms with E-state index in [2.05, 4.69) is 12.0 Å². The highest BCUT2D eigenvalue weighted by Gasteiger charge is 2.31. The van der Waals surface area contributed by atoms with E-state index in [1.807, 2.05) is 29.7 Å². The lowest BCUT2D eigenvalue weighted by atomic mass is 9.92. The van der Waals surface area contributed by atoms with E-state index in [0.717, 1.165) is 35.5 Å². The first kappa shape index (κ1) is 16.5. The molecule has 0 bridgehead atoms. The Kier molecular flexibility index (Phi) is 4.79. The van der Waals surface area contributed by atoms with Gasteiger partial charge < -0.3 is 0 Å². The van der Waals surface area contributed by atoms with Crippen LogP contribution >= 0.6 is 23.1 Å². The number of thiophene rings is 1. The Morgan fingerprint density at radius 2 is 2.30 bits per heavy atom. The van der Waals surface area contributed by atoms with E-state index in [1.54, 1.807) is 18.4 Å². The van der Waals surface area contributed by atoms with Crippen molar-refractivity contribution < 1.29 is 9.63 Å². The smallest absolute Gasteiger partial charge is 0.274 e. The summed E-state index contributed by atoms with van der Waals surface area (Å²) in [6.07, 6.45) is 4.88. The van der Waals surface area contributed by atoms with Crippen molar-refractivity contribution in [2.45, 2.75) is 30.4 Å². The van der Waals surface area contributed by atoms with Crippen LogP contribution < -0.4 is 0 Å². The molecule has 5 nitrogen and oxygen atoms in total. The summed E-state index contributed by atoms with van der Waals surface area (Å²) >= 11 is 3.43. The van der Waals surface area contributed by atoms with Gasteiger partial charge in [-0.25, -0.2) is 5.06 Å². The van der Waals surface area contributed by atoms with E-state index >= 15 is 0 Å². The highest BCUT2D eigenvalue weighted by molar-refractivity contribution is 8.01. The van der Waals surface area contributed by atoms with Crippen molar-refractivity contribution in [3.05, 3.63) is 22.2 Å². The van der Waals surface area contributed by atoms with E-state index in [0.29, 0.717) is 0 Å². The predicted molar refractivity (Wildman–Crippen MR) is 94.0 cm³/mol. The fraction of sp³-hybridized carbons (Fsp3) is 0.500. The molecule has 0 saturated carbocycles. The van der Waals surface area contributed by atoms with Crippen molar-refractivity contribution in [2.24, 2.45) is 7.05 Å². The van der Waals surface area contributed by atoms with Gasteiger partial charge in [0.05, 0.1) is 28.1 Å². The molecule has 0 aromatic carbocycles. The first-order valence-electron chi connectivity index (χ1n) is 7.70. The summed E-state index contributed by atoms with van der Waals surface area (Å²) in [5.74, 6) is 0.983. The maximum atomic E-state index is 12.6. The van der Waals surface area contributed by atoms with Gasteiger partial charge in [0.15, 0.2) is 0 Å². The van der Waals surface area contributed by atoms with E-state index in [4.69, 9.17) is 4.84 Å². The van der Waals surface area contributed by atoms with Crippen LogP contribution in [0, 0.1) is 0 Å². The Hall–Kier alpha value is -1.31. The zero-order valence-corrected chi connectivity index (χ0v) is 15.5. The zero-order valence-electron chi connectivity index (χ0n) is 13.9. The number of fused-ring (bicyclic) bond motifs is 3. The van der Waals surface area contributed by atoms with Crippen LogP contribution in [0.25, 0.3) is 11.3 Å². The number of rotatable bonds is 5. The molecule has 124 valence electrons. The van der Waals surface area contributed by atoms with Crippen LogP contribution in [0.1, 0.15) is 34.1 Å². The predicted octanol–water partition coefficient (Wildman–Crippen LogP) is 3.38. The third kappa shape index (κ3) is 2.81. The molecule has 0 fully saturated rings. The van der Waals surface area contributed by atoms with Crippen molar-refractivity contribution in [1.82, 2.24) is 14.8 Å². The highest BCUT2D eigenvalue weighted by Crippen LogP contribution is 2.47. The first-order valence-corrected chi connectivity index (χ1v) is 9.50. The van der Waals surface area contributed by atoms with Gasteiger partial charge in [0.2, 0.25) is 0 Å². The molecule has 3 rings (SSSR count). The van der Waals surface area contributed by atoms with E-state index in [1.165, 1.54) is 33.2 Å². The molecule has 2 aromatic rings. The lowest BCUT2D eigenvalue weighted by Gasteiger charge is -2.18. The molecule has 0 saturated heterocycles. The van der Waals surface area contributed by atoms with Gasteiger partial charge in [-0.15, -0.1) is 23.1 Å². The summed E-state index contributed by atoms with van der Waals surface area (Å²) in [5.41, 5.74) is 4.80. The van der Waals surface area contributed by atoms with Crippen LogP contribution in [0.4, 0.5) is 0 Å². The van der Waals surface area contributed by atoms with Crippen molar-refractivity contribution in [3.63, 3.8) is 0 Å². The minimum absolute atomic E-state index is 0.0669. The number of carbonyl (C=O) groups is 1. The SMILES string of the molecule is CCCSc1sc(C(=O)N(C)OC)c2c1-c1c(cnn1C)CC2. The number of hydrogen-bond acceptors (Lipinski definition) is 5. The minimum Gasteiger partial charge on any atom is -0.274 e. The van der Waals surface area contributed by atoms with Crippen LogP contribution in [0.15, 0.2) is 10.4 Å². The van der Waals surface area contributed by atoms with Crippen molar-refractivity contribution in [1.29, 1.82) is 0 Å². The second-order valence-electron chi connectivity index (χ2n) is 5.55. The average Bonchev–Trinajstić information content (AvgIpc) is 3.12. The Morgan fingerprint density at radius 1 is 1.52 bits per heavy atom. The quantitative estimate of drug-likeness (QED) is 0.612. The summed E-state index contributed by atoms with van der Waals surface area (Å²) in [5, 5.41) is 5.72. The number of nitrogens with zero attached hydrogens (tertiary/aromatic N) is 3. The van der Waals surface area contributed by atoms with Crippen LogP contribution in [0.3, 0.4) is 0 Å². The maximum absolute atomic E-state index is 12.6. The van der Waals surface area contributed by atoms with Gasteiger partial charge in [-0.1, -0.05) is 6.92 Å². The van der Waals surface area contributed by atoms with Crippen LogP contribution in [-0.2, 0) is 24.7 Å². The Bertz CT molecular complexity index is 736. The number of aromatic nitrogens is 2. The lowest BCUT2D eigenvalue weighted by molar-refractivity contribution is -0.0754. The molecule has 7 heteroatoms. The number of hydroxylamine groups is 2. The fourth-order valence-corrected chi connectivity index (χ4v) is 5.40. The molecule has 0 aliphatic heterocycles. The topological polar surface area (TPSA) is 47.4 Å². The van der Waals surface area contributed by atoms with Crippen LogP contribution in [0.5, 0.6) is 0 Å². The van der Waals surface area contributed by atoms with Gasteiger partial charge >= 0.3 is 0 Å². The minimum atomic E-state index is -0.0669. The van der Waals surface area contributed by atoms with Gasteiger partial charge in [-0.2, -0.15) is 5.10 Å². The number of thioether (sulfide) groups is 1. The maximum Gasteiger partial charge on any atom is 0.287 e. The zero-order chi connectivity index (χ0) is 16.6. The second kappa shape index (κ2) is 6.67. The molecule has 1 aliphatic rings. The van der Waals surface area contributed by atoms with Gasteiger partial charge in [0.1, 0.15) is 0 Å². The van der Waals surface area contributed by atoms with Gasteiger partial charge in [-0.3, -0.25) is 14.3 Å². The third-order valence-corrected chi connectivity index (χ3v) is 6.76. The summed E-state index contributed by atoms with van der Waals surface area (Å²) in [7, 11) is 5.15. The second-order valence-corrected chi connectivity index (χ2v) is 7.93. The third-order valence-electron chi connectivity index (χ3n) is 4.06. The number of aryl methyl sites for hydroxylation is 2. The van der Waals surface area contributed by atoms with Gasteiger partial charge in [0, 0.05) is 19.7 Å². The Labute approximate surface area is 144 Å². The standard InChI is InChI=1S/C16H21N3O2S2/c1-5-8-22-16-12-11(14(23-16)15(20)19(3)21-4)7-6-10-9-17-18(2)13(10)12/h9H,5-8H2,1-4H3. The number of hydrogen-bond donors (Lipinski definition) is 0. The van der Waals surface area contributed by atoms with Crippen molar-refractivity contribution >= 4 is 29.0 Å². The molecular weight excluding hydrogens is 330 g/mol. The molecule has 2 aromatic heterocycles. The monoisotopic (exact) mass is 351 g/mol. The molecule has 1 amide bonds. The highest BCUT2D eigenvalue weighted by atomic mass is 32.2. The number of amides is 1. The molecule has 0 atom stereocenters. The van der Waals surface area contributed by atoms with Crippen LogP contribution in [0.2, 0.25) is 0 Å². The molecule has 0 N–H and O–H groups in total. The molecule has 1 aliphatic carbocycles. The van der Waals surface area contributed by atoms with Gasteiger partial charge in [0.25, 0.3) is 5.91 Å². The van der Waals surface area contributed by atoms with Crippen LogP contribution in [-0.4, -0.2) is 40.7 Å². The summed E-state index contributed by atoms with van der Waals surface area (Å²) in [6.45, 7) is 2.17. The summed E-state index contributed by atoms with van der Waals surface area (Å²) < 4.78 is 3.16. The summed E-state index contributed by atoms with van der Waals surface area (Å²) in [4.78, 5) is 18.5.